The average Bonchev–Trinajstić information content (AvgIpc) is 2.97. The van der Waals surface area contributed by atoms with Gasteiger partial charge in [0.2, 0.25) is 0 Å². The number of benzene rings is 1. The van der Waals surface area contributed by atoms with Crippen LogP contribution in [0, 0.1) is 5.92 Å². The molecule has 1 aromatic carbocycles. The molecule has 2 N–H and O–H groups in total. The summed E-state index contributed by atoms with van der Waals surface area (Å²) >= 11 is 0. The molecule has 5 heteroatoms. The zero-order chi connectivity index (χ0) is 14.8. The summed E-state index contributed by atoms with van der Waals surface area (Å²) in [6.45, 7) is 0.787. The number of hydrogen-bond acceptors (Lipinski definition) is 3. The Bertz CT molecular complexity index is 540. The molecule has 1 saturated heterocycles. The molecule has 1 heterocycles. The summed E-state index contributed by atoms with van der Waals surface area (Å²) in [5.74, 6) is -0.703. The Kier molecular flexibility index (Phi) is 3.92. The summed E-state index contributed by atoms with van der Waals surface area (Å²) in [7, 11) is 0. The Balaban J connectivity index is 1.66. The number of ether oxygens (including phenoxy) is 1. The van der Waals surface area contributed by atoms with Crippen molar-refractivity contribution in [3.8, 4) is 0 Å². The molecule has 0 spiro atoms. The SMILES string of the molecule is O=C(O)c1ccc(C(=O)NC2CCCC3OCCC23)cc1. The van der Waals surface area contributed by atoms with Crippen LogP contribution in [-0.2, 0) is 4.74 Å². The summed E-state index contributed by atoms with van der Waals surface area (Å²) in [6, 6.07) is 6.20. The Morgan fingerprint density at radius 3 is 2.52 bits per heavy atom. The average molecular weight is 289 g/mol. The highest BCUT2D eigenvalue weighted by Gasteiger charge is 2.38. The van der Waals surface area contributed by atoms with Gasteiger partial charge in [-0.25, -0.2) is 4.79 Å². The molecule has 112 valence electrons. The van der Waals surface area contributed by atoms with Crippen molar-refractivity contribution < 1.29 is 19.4 Å². The number of aromatic carboxylic acids is 1. The van der Waals surface area contributed by atoms with E-state index in [9.17, 15) is 9.59 Å². The number of hydrogen-bond donors (Lipinski definition) is 2. The Labute approximate surface area is 123 Å². The molecule has 1 aliphatic carbocycles. The van der Waals surface area contributed by atoms with E-state index in [2.05, 4.69) is 5.32 Å². The molecular formula is C16H19NO4. The summed E-state index contributed by atoms with van der Waals surface area (Å²) in [4.78, 5) is 23.1. The van der Waals surface area contributed by atoms with Gasteiger partial charge in [0.25, 0.3) is 5.91 Å². The zero-order valence-electron chi connectivity index (χ0n) is 11.7. The smallest absolute Gasteiger partial charge is 0.335 e. The van der Waals surface area contributed by atoms with E-state index in [1.807, 2.05) is 0 Å². The standard InChI is InChI=1S/C16H19NO4/c18-15(10-4-6-11(7-5-10)16(19)20)17-13-2-1-3-14-12(13)8-9-21-14/h4-7,12-14H,1-3,8-9H2,(H,17,18)(H,19,20). The molecule has 1 amide bonds. The molecule has 0 bridgehead atoms. The van der Waals surface area contributed by atoms with Crippen molar-refractivity contribution in [3.63, 3.8) is 0 Å². The first kappa shape index (κ1) is 14.1. The van der Waals surface area contributed by atoms with Gasteiger partial charge in [0.15, 0.2) is 0 Å². The van der Waals surface area contributed by atoms with E-state index in [-0.39, 0.29) is 17.5 Å². The van der Waals surface area contributed by atoms with E-state index >= 15 is 0 Å². The van der Waals surface area contributed by atoms with Crippen molar-refractivity contribution in [2.24, 2.45) is 5.92 Å². The molecule has 2 aliphatic rings. The molecule has 3 rings (SSSR count). The van der Waals surface area contributed by atoms with E-state index in [0.717, 1.165) is 32.3 Å². The number of carbonyl (C=O) groups is 2. The fourth-order valence-electron chi connectivity index (χ4n) is 3.37. The Hall–Kier alpha value is -1.88. The minimum absolute atomic E-state index is 0.135. The van der Waals surface area contributed by atoms with Gasteiger partial charge in [0.05, 0.1) is 11.7 Å². The predicted octanol–water partition coefficient (Wildman–Crippen LogP) is 2.07. The molecule has 0 radical (unpaired) electrons. The maximum Gasteiger partial charge on any atom is 0.335 e. The van der Waals surface area contributed by atoms with Crippen molar-refractivity contribution >= 4 is 11.9 Å². The first-order chi connectivity index (χ1) is 10.1. The molecule has 3 unspecified atom stereocenters. The lowest BCUT2D eigenvalue weighted by atomic mass is 9.81. The van der Waals surface area contributed by atoms with Crippen LogP contribution in [0.1, 0.15) is 46.4 Å². The first-order valence-corrected chi connectivity index (χ1v) is 7.41. The van der Waals surface area contributed by atoms with E-state index in [0.29, 0.717) is 17.6 Å². The maximum absolute atomic E-state index is 12.3. The molecule has 1 aliphatic heterocycles. The van der Waals surface area contributed by atoms with Gasteiger partial charge in [0.1, 0.15) is 0 Å². The van der Waals surface area contributed by atoms with E-state index in [1.54, 1.807) is 12.1 Å². The van der Waals surface area contributed by atoms with E-state index < -0.39 is 5.97 Å². The third-order valence-electron chi connectivity index (χ3n) is 4.49. The lowest BCUT2D eigenvalue weighted by Crippen LogP contribution is -2.45. The zero-order valence-corrected chi connectivity index (χ0v) is 11.7. The minimum Gasteiger partial charge on any atom is -0.478 e. The van der Waals surface area contributed by atoms with Crippen LogP contribution in [0.25, 0.3) is 0 Å². The number of carboxylic acid groups (broad SMARTS) is 1. The van der Waals surface area contributed by atoms with Gasteiger partial charge < -0.3 is 15.2 Å². The van der Waals surface area contributed by atoms with Crippen LogP contribution in [0.15, 0.2) is 24.3 Å². The number of carboxylic acids is 1. The van der Waals surface area contributed by atoms with Crippen molar-refractivity contribution in [3.05, 3.63) is 35.4 Å². The van der Waals surface area contributed by atoms with Gasteiger partial charge in [0, 0.05) is 24.1 Å². The molecule has 21 heavy (non-hydrogen) atoms. The number of fused-ring (bicyclic) bond motifs is 1. The number of carbonyl (C=O) groups excluding carboxylic acids is 1. The van der Waals surface area contributed by atoms with Crippen LogP contribution in [-0.4, -0.2) is 35.7 Å². The van der Waals surface area contributed by atoms with Crippen LogP contribution in [0.3, 0.4) is 0 Å². The van der Waals surface area contributed by atoms with Crippen molar-refractivity contribution in [1.82, 2.24) is 5.32 Å². The first-order valence-electron chi connectivity index (χ1n) is 7.41. The second kappa shape index (κ2) is 5.85. The summed E-state index contributed by atoms with van der Waals surface area (Å²) in [6.07, 6.45) is 4.45. The molecule has 1 saturated carbocycles. The van der Waals surface area contributed by atoms with Crippen molar-refractivity contribution in [2.45, 2.75) is 37.8 Å². The Morgan fingerprint density at radius 2 is 1.81 bits per heavy atom. The number of amides is 1. The monoisotopic (exact) mass is 289 g/mol. The predicted molar refractivity (Wildman–Crippen MR) is 76.4 cm³/mol. The molecule has 3 atom stereocenters. The van der Waals surface area contributed by atoms with Gasteiger partial charge in [-0.1, -0.05) is 0 Å². The van der Waals surface area contributed by atoms with Gasteiger partial charge in [-0.15, -0.1) is 0 Å². The van der Waals surface area contributed by atoms with Gasteiger partial charge in [-0.05, 0) is 49.9 Å². The second-order valence-corrected chi connectivity index (χ2v) is 5.76. The summed E-state index contributed by atoms with van der Waals surface area (Å²) in [5.41, 5.74) is 0.689. The van der Waals surface area contributed by atoms with E-state index in [1.165, 1.54) is 12.1 Å². The normalized spacial score (nSPS) is 27.9. The van der Waals surface area contributed by atoms with Crippen LogP contribution < -0.4 is 5.32 Å². The maximum atomic E-state index is 12.3. The van der Waals surface area contributed by atoms with E-state index in [4.69, 9.17) is 9.84 Å². The lowest BCUT2D eigenvalue weighted by molar-refractivity contribution is 0.0510. The highest BCUT2D eigenvalue weighted by atomic mass is 16.5. The fourth-order valence-corrected chi connectivity index (χ4v) is 3.37. The van der Waals surface area contributed by atoms with Gasteiger partial charge >= 0.3 is 5.97 Å². The summed E-state index contributed by atoms with van der Waals surface area (Å²) in [5, 5.41) is 12.0. The van der Waals surface area contributed by atoms with Crippen LogP contribution in [0.5, 0.6) is 0 Å². The quantitative estimate of drug-likeness (QED) is 0.893. The largest absolute Gasteiger partial charge is 0.478 e. The highest BCUT2D eigenvalue weighted by Crippen LogP contribution is 2.34. The lowest BCUT2D eigenvalue weighted by Gasteiger charge is -2.33. The van der Waals surface area contributed by atoms with Crippen molar-refractivity contribution in [1.29, 1.82) is 0 Å². The summed E-state index contributed by atoms with van der Waals surface area (Å²) < 4.78 is 5.70. The molecular weight excluding hydrogens is 270 g/mol. The Morgan fingerprint density at radius 1 is 1.10 bits per heavy atom. The molecule has 2 fully saturated rings. The third kappa shape index (κ3) is 2.93. The minimum atomic E-state index is -0.986. The molecule has 1 aromatic rings. The molecule has 5 nitrogen and oxygen atoms in total. The van der Waals surface area contributed by atoms with Crippen LogP contribution in [0.2, 0.25) is 0 Å². The van der Waals surface area contributed by atoms with Crippen molar-refractivity contribution in [2.75, 3.05) is 6.61 Å². The number of nitrogens with one attached hydrogen (secondary N) is 1. The fraction of sp³-hybridized carbons (Fsp3) is 0.500. The van der Waals surface area contributed by atoms with Gasteiger partial charge in [-0.2, -0.15) is 0 Å². The van der Waals surface area contributed by atoms with Gasteiger partial charge in [-0.3, -0.25) is 4.79 Å². The highest BCUT2D eigenvalue weighted by molar-refractivity contribution is 5.96. The van der Waals surface area contributed by atoms with Crippen LogP contribution in [0.4, 0.5) is 0 Å². The third-order valence-corrected chi connectivity index (χ3v) is 4.49. The van der Waals surface area contributed by atoms with Crippen LogP contribution >= 0.6 is 0 Å². The second-order valence-electron chi connectivity index (χ2n) is 5.76. The number of rotatable bonds is 3. The molecule has 0 aromatic heterocycles. The topological polar surface area (TPSA) is 75.6 Å².